The van der Waals surface area contributed by atoms with E-state index < -0.39 is 5.97 Å². The summed E-state index contributed by atoms with van der Waals surface area (Å²) >= 11 is 0. The molecule has 0 unspecified atom stereocenters. The van der Waals surface area contributed by atoms with Crippen molar-refractivity contribution in [2.75, 3.05) is 11.4 Å². The molecule has 0 spiro atoms. The summed E-state index contributed by atoms with van der Waals surface area (Å²) in [4.78, 5) is 21.0. The maximum atomic E-state index is 10.8. The summed E-state index contributed by atoms with van der Waals surface area (Å²) in [5.74, 6) is -0.194. The van der Waals surface area contributed by atoms with Gasteiger partial charge in [-0.2, -0.15) is 0 Å². The molecule has 0 aliphatic rings. The molecular weight excluding hydrogens is 242 g/mol. The van der Waals surface area contributed by atoms with Crippen molar-refractivity contribution in [1.82, 2.24) is 9.97 Å². The van der Waals surface area contributed by atoms with Crippen molar-refractivity contribution < 1.29 is 9.90 Å². The third-order valence-electron chi connectivity index (χ3n) is 2.82. The Bertz CT molecular complexity index is 540. The minimum Gasteiger partial charge on any atom is -0.478 e. The average molecular weight is 257 g/mol. The van der Waals surface area contributed by atoms with E-state index in [1.807, 2.05) is 19.1 Å². The highest BCUT2D eigenvalue weighted by Gasteiger charge is 2.08. The zero-order valence-corrected chi connectivity index (χ0v) is 10.7. The normalized spacial score (nSPS) is 10.2. The van der Waals surface area contributed by atoms with E-state index in [1.54, 1.807) is 24.5 Å². The summed E-state index contributed by atoms with van der Waals surface area (Å²) in [5, 5.41) is 8.85. The maximum Gasteiger partial charge on any atom is 0.337 e. The SMILES string of the molecule is CCN(Cc1ccncc1)c1ccc(C(=O)O)cn1. The zero-order valence-electron chi connectivity index (χ0n) is 10.7. The third-order valence-corrected chi connectivity index (χ3v) is 2.82. The molecule has 2 aromatic heterocycles. The van der Waals surface area contributed by atoms with Crippen LogP contribution in [0.25, 0.3) is 0 Å². The summed E-state index contributed by atoms with van der Waals surface area (Å²) in [7, 11) is 0. The van der Waals surface area contributed by atoms with Gasteiger partial charge in [-0.3, -0.25) is 4.98 Å². The van der Waals surface area contributed by atoms with Gasteiger partial charge < -0.3 is 10.0 Å². The zero-order chi connectivity index (χ0) is 13.7. The summed E-state index contributed by atoms with van der Waals surface area (Å²) in [6.45, 7) is 3.55. The van der Waals surface area contributed by atoms with E-state index in [1.165, 1.54) is 6.20 Å². The molecule has 0 aliphatic heterocycles. The van der Waals surface area contributed by atoms with E-state index in [2.05, 4.69) is 14.9 Å². The number of anilines is 1. The predicted octanol–water partition coefficient (Wildman–Crippen LogP) is 2.20. The van der Waals surface area contributed by atoms with Gasteiger partial charge in [0.25, 0.3) is 0 Å². The monoisotopic (exact) mass is 257 g/mol. The van der Waals surface area contributed by atoms with Gasteiger partial charge in [-0.25, -0.2) is 9.78 Å². The average Bonchev–Trinajstić information content (AvgIpc) is 2.46. The fourth-order valence-electron chi connectivity index (χ4n) is 1.76. The fraction of sp³-hybridized carbons (Fsp3) is 0.214. The lowest BCUT2D eigenvalue weighted by molar-refractivity contribution is 0.0696. The van der Waals surface area contributed by atoms with Crippen molar-refractivity contribution >= 4 is 11.8 Å². The molecule has 5 heteroatoms. The molecule has 0 saturated heterocycles. The minimum absolute atomic E-state index is 0.198. The molecule has 5 nitrogen and oxygen atoms in total. The van der Waals surface area contributed by atoms with Gasteiger partial charge >= 0.3 is 5.97 Å². The Morgan fingerprint density at radius 2 is 2.00 bits per heavy atom. The lowest BCUT2D eigenvalue weighted by atomic mass is 10.2. The summed E-state index contributed by atoms with van der Waals surface area (Å²) in [5.41, 5.74) is 1.34. The Kier molecular flexibility index (Phi) is 4.07. The van der Waals surface area contributed by atoms with Gasteiger partial charge in [-0.1, -0.05) is 0 Å². The van der Waals surface area contributed by atoms with Gasteiger partial charge in [0, 0.05) is 31.7 Å². The largest absolute Gasteiger partial charge is 0.478 e. The number of aromatic nitrogens is 2. The van der Waals surface area contributed by atoms with Crippen LogP contribution in [0.3, 0.4) is 0 Å². The second kappa shape index (κ2) is 5.95. The lowest BCUT2D eigenvalue weighted by Gasteiger charge is -2.21. The van der Waals surface area contributed by atoms with Crippen LogP contribution in [0.4, 0.5) is 5.82 Å². The number of pyridine rings is 2. The number of carbonyl (C=O) groups is 1. The van der Waals surface area contributed by atoms with Crippen LogP contribution < -0.4 is 4.90 Å². The second-order valence-electron chi connectivity index (χ2n) is 4.08. The molecule has 98 valence electrons. The first kappa shape index (κ1) is 13.0. The maximum absolute atomic E-state index is 10.8. The molecule has 0 aromatic carbocycles. The first-order valence-corrected chi connectivity index (χ1v) is 6.04. The Morgan fingerprint density at radius 3 is 2.53 bits per heavy atom. The van der Waals surface area contributed by atoms with Crippen LogP contribution >= 0.6 is 0 Å². The summed E-state index contributed by atoms with van der Waals surface area (Å²) in [6, 6.07) is 7.20. The van der Waals surface area contributed by atoms with Crippen LogP contribution in [0.5, 0.6) is 0 Å². The first-order valence-electron chi connectivity index (χ1n) is 6.04. The third kappa shape index (κ3) is 3.28. The number of rotatable bonds is 5. The van der Waals surface area contributed by atoms with Gasteiger partial charge in [-0.05, 0) is 36.8 Å². The smallest absolute Gasteiger partial charge is 0.337 e. The quantitative estimate of drug-likeness (QED) is 0.889. The summed E-state index contributed by atoms with van der Waals surface area (Å²) < 4.78 is 0. The van der Waals surface area contributed by atoms with Crippen LogP contribution in [-0.2, 0) is 6.54 Å². The molecule has 19 heavy (non-hydrogen) atoms. The second-order valence-corrected chi connectivity index (χ2v) is 4.08. The number of aromatic carboxylic acids is 1. The van der Waals surface area contributed by atoms with Gasteiger partial charge in [0.05, 0.1) is 5.56 Å². The van der Waals surface area contributed by atoms with E-state index >= 15 is 0 Å². The van der Waals surface area contributed by atoms with E-state index in [-0.39, 0.29) is 5.56 Å². The van der Waals surface area contributed by atoms with Crippen LogP contribution in [0, 0.1) is 0 Å². The lowest BCUT2D eigenvalue weighted by Crippen LogP contribution is -2.23. The number of hydrogen-bond donors (Lipinski definition) is 1. The number of carboxylic acid groups (broad SMARTS) is 1. The van der Waals surface area contributed by atoms with Crippen LogP contribution in [0.1, 0.15) is 22.8 Å². The highest BCUT2D eigenvalue weighted by atomic mass is 16.4. The molecule has 2 aromatic rings. The molecule has 0 aliphatic carbocycles. The highest BCUT2D eigenvalue weighted by Crippen LogP contribution is 2.14. The molecule has 0 atom stereocenters. The molecule has 0 radical (unpaired) electrons. The van der Waals surface area contributed by atoms with E-state index in [9.17, 15) is 4.79 Å². The Morgan fingerprint density at radius 1 is 1.26 bits per heavy atom. The number of nitrogens with zero attached hydrogens (tertiary/aromatic N) is 3. The molecule has 0 bridgehead atoms. The molecule has 2 heterocycles. The molecule has 0 fully saturated rings. The van der Waals surface area contributed by atoms with Crippen molar-refractivity contribution in [1.29, 1.82) is 0 Å². The Hall–Kier alpha value is -2.43. The Balaban J connectivity index is 2.15. The minimum atomic E-state index is -0.962. The van der Waals surface area contributed by atoms with E-state index in [0.29, 0.717) is 0 Å². The van der Waals surface area contributed by atoms with Gasteiger partial charge in [0.15, 0.2) is 0 Å². The van der Waals surface area contributed by atoms with Crippen LogP contribution in [0.2, 0.25) is 0 Å². The number of carboxylic acids is 1. The van der Waals surface area contributed by atoms with Crippen molar-refractivity contribution in [2.45, 2.75) is 13.5 Å². The highest BCUT2D eigenvalue weighted by molar-refractivity contribution is 5.87. The van der Waals surface area contributed by atoms with E-state index in [4.69, 9.17) is 5.11 Å². The van der Waals surface area contributed by atoms with Crippen LogP contribution in [-0.4, -0.2) is 27.6 Å². The topological polar surface area (TPSA) is 66.3 Å². The van der Waals surface area contributed by atoms with E-state index in [0.717, 1.165) is 24.5 Å². The summed E-state index contributed by atoms with van der Waals surface area (Å²) in [6.07, 6.45) is 4.89. The molecule has 0 saturated carbocycles. The van der Waals surface area contributed by atoms with Crippen molar-refractivity contribution in [3.8, 4) is 0 Å². The molecule has 2 rings (SSSR count). The van der Waals surface area contributed by atoms with Gasteiger partial charge in [0.1, 0.15) is 5.82 Å². The predicted molar refractivity (Wildman–Crippen MR) is 72.2 cm³/mol. The molecular formula is C14H15N3O2. The van der Waals surface area contributed by atoms with Gasteiger partial charge in [-0.15, -0.1) is 0 Å². The standard InChI is InChI=1S/C14H15N3O2/c1-2-17(10-11-5-7-15-8-6-11)13-4-3-12(9-16-13)14(18)19/h3-9H,2,10H2,1H3,(H,18,19). The first-order chi connectivity index (χ1) is 9.20. The Labute approximate surface area is 111 Å². The van der Waals surface area contributed by atoms with Crippen molar-refractivity contribution in [2.24, 2.45) is 0 Å². The van der Waals surface area contributed by atoms with Gasteiger partial charge in [0.2, 0.25) is 0 Å². The van der Waals surface area contributed by atoms with Crippen molar-refractivity contribution in [3.63, 3.8) is 0 Å². The van der Waals surface area contributed by atoms with Crippen LogP contribution in [0.15, 0.2) is 42.9 Å². The number of hydrogen-bond acceptors (Lipinski definition) is 4. The molecule has 0 amide bonds. The van der Waals surface area contributed by atoms with Crippen molar-refractivity contribution in [3.05, 3.63) is 54.0 Å². The molecule has 1 N–H and O–H groups in total. The fourth-order valence-corrected chi connectivity index (χ4v) is 1.76.